The molecule has 24 heavy (non-hydrogen) atoms. The summed E-state index contributed by atoms with van der Waals surface area (Å²) in [4.78, 5) is 28.8. The van der Waals surface area contributed by atoms with Crippen LogP contribution in [0.5, 0.6) is 0 Å². The number of ether oxygens (including phenoxy) is 1. The van der Waals surface area contributed by atoms with Crippen LogP contribution in [0.3, 0.4) is 0 Å². The summed E-state index contributed by atoms with van der Waals surface area (Å²) in [7, 11) is 0. The highest BCUT2D eigenvalue weighted by atomic mass is 16.6. The summed E-state index contributed by atoms with van der Waals surface area (Å²) in [6, 6.07) is 10.3. The number of carbonyl (C=O) groups excluding carboxylic acids is 2. The Hall–Kier alpha value is -1.88. The zero-order chi connectivity index (χ0) is 17.3. The van der Waals surface area contributed by atoms with Crippen molar-refractivity contribution in [1.82, 2.24) is 9.80 Å². The van der Waals surface area contributed by atoms with E-state index in [1.807, 2.05) is 39.0 Å². The third kappa shape index (κ3) is 3.96. The molecule has 0 aliphatic carbocycles. The molecule has 0 N–H and O–H groups in total. The zero-order valence-electron chi connectivity index (χ0n) is 14.7. The molecule has 2 saturated heterocycles. The lowest BCUT2D eigenvalue weighted by molar-refractivity contribution is -0.137. The van der Waals surface area contributed by atoms with E-state index in [0.717, 1.165) is 6.54 Å². The molecule has 3 rings (SSSR count). The van der Waals surface area contributed by atoms with Gasteiger partial charge in [0.15, 0.2) is 0 Å². The second-order valence-corrected chi connectivity index (χ2v) is 7.86. The summed E-state index contributed by atoms with van der Waals surface area (Å²) in [6.45, 7) is 8.80. The number of piperidine rings is 2. The van der Waals surface area contributed by atoms with Crippen molar-refractivity contribution in [2.45, 2.75) is 32.9 Å². The molecular formula is C19H26N2O3. The van der Waals surface area contributed by atoms with E-state index in [9.17, 15) is 9.59 Å². The van der Waals surface area contributed by atoms with E-state index in [1.165, 1.54) is 5.56 Å². The van der Waals surface area contributed by atoms with Crippen molar-refractivity contribution >= 4 is 11.9 Å². The summed E-state index contributed by atoms with van der Waals surface area (Å²) in [5, 5.41) is 0. The minimum absolute atomic E-state index is 0.103. The third-order valence-electron chi connectivity index (χ3n) is 4.54. The number of likely N-dealkylation sites (tertiary alicyclic amines) is 2. The van der Waals surface area contributed by atoms with Crippen LogP contribution < -0.4 is 0 Å². The van der Waals surface area contributed by atoms with E-state index in [2.05, 4.69) is 17.0 Å². The molecule has 5 heteroatoms. The van der Waals surface area contributed by atoms with Crippen LogP contribution >= 0.6 is 0 Å². The highest BCUT2D eigenvalue weighted by molar-refractivity contribution is 5.87. The predicted molar refractivity (Wildman–Crippen MR) is 91.5 cm³/mol. The minimum Gasteiger partial charge on any atom is -0.444 e. The van der Waals surface area contributed by atoms with E-state index in [-0.39, 0.29) is 17.9 Å². The maximum absolute atomic E-state index is 12.5. The molecule has 2 heterocycles. The first-order valence-electron chi connectivity index (χ1n) is 8.60. The first kappa shape index (κ1) is 17.0. The maximum Gasteiger partial charge on any atom is 0.410 e. The molecular weight excluding hydrogens is 304 g/mol. The van der Waals surface area contributed by atoms with Gasteiger partial charge in [0.05, 0.1) is 0 Å². The predicted octanol–water partition coefficient (Wildman–Crippen LogP) is 2.55. The summed E-state index contributed by atoms with van der Waals surface area (Å²) in [5.74, 6) is 0.0987. The number of amides is 1. The van der Waals surface area contributed by atoms with E-state index < -0.39 is 5.60 Å². The third-order valence-corrected chi connectivity index (χ3v) is 4.54. The quantitative estimate of drug-likeness (QED) is 0.836. The van der Waals surface area contributed by atoms with Crippen LogP contribution in [0.2, 0.25) is 0 Å². The van der Waals surface area contributed by atoms with Crippen molar-refractivity contribution in [3.8, 4) is 0 Å². The average molecular weight is 330 g/mol. The monoisotopic (exact) mass is 330 g/mol. The highest BCUT2D eigenvalue weighted by Gasteiger charge is 2.43. The Bertz CT molecular complexity index is 591. The Morgan fingerprint density at radius 3 is 2.21 bits per heavy atom. The number of fused-ring (bicyclic) bond motifs is 2. The molecule has 1 aromatic rings. The number of carbonyl (C=O) groups is 2. The summed E-state index contributed by atoms with van der Waals surface area (Å²) in [5.41, 5.74) is 0.751. The molecule has 5 nitrogen and oxygen atoms in total. The molecule has 2 atom stereocenters. The Morgan fingerprint density at radius 2 is 1.67 bits per heavy atom. The van der Waals surface area contributed by atoms with Crippen molar-refractivity contribution in [2.24, 2.45) is 11.8 Å². The molecule has 2 fully saturated rings. The van der Waals surface area contributed by atoms with Gasteiger partial charge < -0.3 is 9.64 Å². The standard InChI is InChI=1S/C19H26N2O3/c1-19(2,3)24-18(23)21-12-15-10-20(11-16(13-21)17(15)22)9-14-7-5-4-6-8-14/h4-8,15-16H,9-13H2,1-3H3/t15-,16-/m0/s1. The molecule has 2 aliphatic heterocycles. The molecule has 0 saturated carbocycles. The molecule has 1 amide bonds. The Morgan fingerprint density at radius 1 is 1.08 bits per heavy atom. The van der Waals surface area contributed by atoms with E-state index in [1.54, 1.807) is 4.90 Å². The van der Waals surface area contributed by atoms with E-state index >= 15 is 0 Å². The van der Waals surface area contributed by atoms with Crippen molar-refractivity contribution < 1.29 is 14.3 Å². The number of ketones is 1. The molecule has 0 radical (unpaired) electrons. The summed E-state index contributed by atoms with van der Waals surface area (Å²) < 4.78 is 5.46. The van der Waals surface area contributed by atoms with Crippen molar-refractivity contribution in [1.29, 1.82) is 0 Å². The van der Waals surface area contributed by atoms with Crippen LogP contribution in [0.4, 0.5) is 4.79 Å². The Labute approximate surface area is 143 Å². The second kappa shape index (κ2) is 6.55. The van der Waals surface area contributed by atoms with E-state index in [4.69, 9.17) is 4.74 Å². The lowest BCUT2D eigenvalue weighted by atomic mass is 9.83. The molecule has 2 bridgehead atoms. The van der Waals surface area contributed by atoms with Crippen molar-refractivity contribution in [3.63, 3.8) is 0 Å². The minimum atomic E-state index is -0.507. The van der Waals surface area contributed by atoms with Crippen molar-refractivity contribution in [2.75, 3.05) is 26.2 Å². The number of nitrogens with zero attached hydrogens (tertiary/aromatic N) is 2. The van der Waals surface area contributed by atoms with Gasteiger partial charge in [0.25, 0.3) is 0 Å². The number of rotatable bonds is 2. The molecule has 0 unspecified atom stereocenters. The van der Waals surface area contributed by atoms with Crippen LogP contribution in [-0.2, 0) is 16.1 Å². The topological polar surface area (TPSA) is 49.9 Å². The van der Waals surface area contributed by atoms with Gasteiger partial charge in [0.1, 0.15) is 11.4 Å². The fourth-order valence-corrected chi connectivity index (χ4v) is 3.56. The molecule has 2 aliphatic rings. The van der Waals surface area contributed by atoms with Gasteiger partial charge in [0.2, 0.25) is 0 Å². The summed E-state index contributed by atoms with van der Waals surface area (Å²) >= 11 is 0. The highest BCUT2D eigenvalue weighted by Crippen LogP contribution is 2.27. The first-order valence-corrected chi connectivity index (χ1v) is 8.60. The van der Waals surface area contributed by atoms with Gasteiger partial charge in [-0.15, -0.1) is 0 Å². The van der Waals surface area contributed by atoms with Gasteiger partial charge in [-0.05, 0) is 26.3 Å². The van der Waals surface area contributed by atoms with Gasteiger partial charge in [-0.1, -0.05) is 30.3 Å². The van der Waals surface area contributed by atoms with Crippen LogP contribution in [0.1, 0.15) is 26.3 Å². The second-order valence-electron chi connectivity index (χ2n) is 7.86. The maximum atomic E-state index is 12.5. The number of hydrogen-bond acceptors (Lipinski definition) is 4. The molecule has 130 valence electrons. The fraction of sp³-hybridized carbons (Fsp3) is 0.579. The molecule has 1 aromatic carbocycles. The van der Waals surface area contributed by atoms with Gasteiger partial charge >= 0.3 is 6.09 Å². The normalized spacial score (nSPS) is 24.8. The van der Waals surface area contributed by atoms with Crippen LogP contribution in [-0.4, -0.2) is 53.5 Å². The van der Waals surface area contributed by atoms with Crippen LogP contribution in [0.15, 0.2) is 30.3 Å². The Balaban J connectivity index is 1.63. The zero-order valence-corrected chi connectivity index (χ0v) is 14.7. The van der Waals surface area contributed by atoms with Crippen molar-refractivity contribution in [3.05, 3.63) is 35.9 Å². The largest absolute Gasteiger partial charge is 0.444 e. The van der Waals surface area contributed by atoms with Gasteiger partial charge in [-0.3, -0.25) is 9.69 Å². The first-order chi connectivity index (χ1) is 11.3. The van der Waals surface area contributed by atoms with Crippen LogP contribution in [0, 0.1) is 11.8 Å². The van der Waals surface area contributed by atoms with Gasteiger partial charge in [-0.2, -0.15) is 0 Å². The van der Waals surface area contributed by atoms with Gasteiger partial charge in [0, 0.05) is 44.6 Å². The lowest BCUT2D eigenvalue weighted by Crippen LogP contribution is -2.59. The summed E-state index contributed by atoms with van der Waals surface area (Å²) in [6.07, 6.45) is -0.304. The average Bonchev–Trinajstić information content (AvgIpc) is 2.47. The number of hydrogen-bond donors (Lipinski definition) is 0. The Kier molecular flexibility index (Phi) is 4.63. The van der Waals surface area contributed by atoms with Gasteiger partial charge in [-0.25, -0.2) is 4.79 Å². The lowest BCUT2D eigenvalue weighted by Gasteiger charge is -2.44. The van der Waals surface area contributed by atoms with E-state index in [0.29, 0.717) is 32.0 Å². The van der Waals surface area contributed by atoms with Crippen LogP contribution in [0.25, 0.3) is 0 Å². The number of benzene rings is 1. The molecule has 0 spiro atoms. The molecule has 0 aromatic heterocycles. The smallest absolute Gasteiger partial charge is 0.410 e. The fourth-order valence-electron chi connectivity index (χ4n) is 3.56. The number of Topliss-reactive ketones (excluding diaryl/α,β-unsaturated/α-hetero) is 1. The SMILES string of the molecule is CC(C)(C)OC(=O)N1C[C@@H]2CN(Cc3ccccc3)C[C@@H](C1)C2=O.